The molecule has 4 rings (SSSR count). The van der Waals surface area contributed by atoms with Gasteiger partial charge in [-0.15, -0.1) is 0 Å². The number of para-hydroxylation sites is 1. The Hall–Kier alpha value is -2.95. The Balaban J connectivity index is 1.48. The maximum absolute atomic E-state index is 12.9. The third kappa shape index (κ3) is 3.01. The fourth-order valence-electron chi connectivity index (χ4n) is 3.52. The van der Waals surface area contributed by atoms with Crippen LogP contribution in [-0.2, 0) is 17.8 Å². The molecule has 3 aromatic rings. The summed E-state index contributed by atoms with van der Waals surface area (Å²) >= 11 is 0. The minimum atomic E-state index is -0.532. The molecule has 0 aliphatic carbocycles. The number of ether oxygens (including phenoxy) is 2. The number of aromatic nitrogens is 1. The molecule has 0 saturated carbocycles. The van der Waals surface area contributed by atoms with Gasteiger partial charge >= 0.3 is 0 Å². The maximum Gasteiger partial charge on any atom is 0.263 e. The summed E-state index contributed by atoms with van der Waals surface area (Å²) in [6, 6.07) is 15.5. The Morgan fingerprint density at radius 2 is 1.85 bits per heavy atom. The molecule has 1 unspecified atom stereocenters. The van der Waals surface area contributed by atoms with E-state index in [-0.39, 0.29) is 5.91 Å². The molecule has 1 aliphatic rings. The number of methoxy groups -OCH3 is 1. The first-order valence-electron chi connectivity index (χ1n) is 8.83. The van der Waals surface area contributed by atoms with Gasteiger partial charge in [-0.1, -0.05) is 18.2 Å². The Labute approximate surface area is 152 Å². The van der Waals surface area contributed by atoms with Crippen LogP contribution in [0.25, 0.3) is 10.9 Å². The Kier molecular flexibility index (Phi) is 4.29. The number of hydrogen-bond acceptors (Lipinski definition) is 3. The van der Waals surface area contributed by atoms with Crippen molar-refractivity contribution in [3.8, 4) is 11.5 Å². The monoisotopic (exact) mass is 350 g/mol. The Morgan fingerprint density at radius 1 is 1.12 bits per heavy atom. The molecule has 1 atom stereocenters. The van der Waals surface area contributed by atoms with E-state index >= 15 is 0 Å². The summed E-state index contributed by atoms with van der Waals surface area (Å²) in [5.74, 6) is 1.44. The molecular formula is C21H22N2O3. The molecule has 0 radical (unpaired) electrons. The third-order valence-electron chi connectivity index (χ3n) is 4.91. The second-order valence-corrected chi connectivity index (χ2v) is 6.57. The predicted molar refractivity (Wildman–Crippen MR) is 101 cm³/mol. The smallest absolute Gasteiger partial charge is 0.263 e. The van der Waals surface area contributed by atoms with E-state index < -0.39 is 6.10 Å². The van der Waals surface area contributed by atoms with E-state index in [0.29, 0.717) is 18.8 Å². The van der Waals surface area contributed by atoms with Gasteiger partial charge < -0.3 is 19.4 Å². The average molecular weight is 350 g/mol. The number of aromatic amines is 1. The van der Waals surface area contributed by atoms with E-state index in [0.717, 1.165) is 17.7 Å². The molecule has 5 heteroatoms. The highest BCUT2D eigenvalue weighted by atomic mass is 16.5. The quantitative estimate of drug-likeness (QED) is 0.783. The van der Waals surface area contributed by atoms with Crippen molar-refractivity contribution in [2.45, 2.75) is 26.0 Å². The van der Waals surface area contributed by atoms with Crippen molar-refractivity contribution in [2.75, 3.05) is 13.7 Å². The molecule has 1 aromatic heterocycles. The predicted octanol–water partition coefficient (Wildman–Crippen LogP) is 3.53. The minimum Gasteiger partial charge on any atom is -0.497 e. The van der Waals surface area contributed by atoms with Crippen molar-refractivity contribution < 1.29 is 14.3 Å². The Bertz CT molecular complexity index is 930. The molecule has 0 fully saturated rings. The zero-order valence-corrected chi connectivity index (χ0v) is 15.0. The van der Waals surface area contributed by atoms with Gasteiger partial charge in [-0.3, -0.25) is 4.79 Å². The minimum absolute atomic E-state index is 0.0109. The van der Waals surface area contributed by atoms with Gasteiger partial charge in [-0.05, 0) is 37.3 Å². The van der Waals surface area contributed by atoms with Crippen LogP contribution in [0.5, 0.6) is 11.5 Å². The summed E-state index contributed by atoms with van der Waals surface area (Å²) < 4.78 is 11.0. The van der Waals surface area contributed by atoms with Crippen LogP contribution in [0.2, 0.25) is 0 Å². The zero-order chi connectivity index (χ0) is 18.1. The molecular weight excluding hydrogens is 328 g/mol. The molecule has 134 valence electrons. The van der Waals surface area contributed by atoms with Gasteiger partial charge in [0.25, 0.3) is 5.91 Å². The number of carbonyl (C=O) groups excluding carboxylic acids is 1. The molecule has 26 heavy (non-hydrogen) atoms. The van der Waals surface area contributed by atoms with E-state index in [1.165, 1.54) is 16.6 Å². The number of carbonyl (C=O) groups is 1. The highest BCUT2D eigenvalue weighted by Crippen LogP contribution is 2.28. The van der Waals surface area contributed by atoms with Crippen LogP contribution in [-0.4, -0.2) is 35.5 Å². The number of fused-ring (bicyclic) bond motifs is 3. The van der Waals surface area contributed by atoms with Gasteiger partial charge in [0.2, 0.25) is 0 Å². The number of hydrogen-bond donors (Lipinski definition) is 1. The van der Waals surface area contributed by atoms with Gasteiger partial charge in [0.1, 0.15) is 11.5 Å². The van der Waals surface area contributed by atoms with Gasteiger partial charge in [0.05, 0.1) is 7.11 Å². The lowest BCUT2D eigenvalue weighted by atomic mass is 10.0. The van der Waals surface area contributed by atoms with Crippen LogP contribution in [0.3, 0.4) is 0 Å². The van der Waals surface area contributed by atoms with E-state index in [4.69, 9.17) is 9.47 Å². The van der Waals surface area contributed by atoms with Crippen molar-refractivity contribution in [2.24, 2.45) is 0 Å². The second-order valence-electron chi connectivity index (χ2n) is 6.57. The van der Waals surface area contributed by atoms with Crippen LogP contribution in [0.15, 0.2) is 48.5 Å². The highest BCUT2D eigenvalue weighted by molar-refractivity contribution is 5.86. The normalized spacial score (nSPS) is 14.8. The first kappa shape index (κ1) is 16.5. The third-order valence-corrected chi connectivity index (χ3v) is 4.91. The molecule has 5 nitrogen and oxygen atoms in total. The number of rotatable bonds is 4. The fourth-order valence-corrected chi connectivity index (χ4v) is 3.52. The van der Waals surface area contributed by atoms with Crippen LogP contribution in [0.4, 0.5) is 0 Å². The lowest BCUT2D eigenvalue weighted by Crippen LogP contribution is -2.43. The number of benzene rings is 2. The average Bonchev–Trinajstić information content (AvgIpc) is 3.06. The van der Waals surface area contributed by atoms with Crippen LogP contribution in [0.1, 0.15) is 18.2 Å². The molecule has 0 saturated heterocycles. The SMILES string of the molecule is COc1ccc(OC(C)C(=O)N2CCc3[nH]c4ccccc4c3C2)cc1. The summed E-state index contributed by atoms with van der Waals surface area (Å²) in [6.45, 7) is 3.13. The second kappa shape index (κ2) is 6.75. The molecule has 0 bridgehead atoms. The topological polar surface area (TPSA) is 54.6 Å². The molecule has 2 heterocycles. The number of nitrogens with one attached hydrogen (secondary N) is 1. The molecule has 0 spiro atoms. The van der Waals surface area contributed by atoms with Gasteiger partial charge in [0, 0.05) is 41.7 Å². The van der Waals surface area contributed by atoms with E-state index in [1.807, 2.05) is 41.3 Å². The number of amides is 1. The van der Waals surface area contributed by atoms with Crippen LogP contribution < -0.4 is 9.47 Å². The van der Waals surface area contributed by atoms with E-state index in [1.54, 1.807) is 14.0 Å². The first-order chi connectivity index (χ1) is 12.7. The van der Waals surface area contributed by atoms with E-state index in [2.05, 4.69) is 17.1 Å². The van der Waals surface area contributed by atoms with Crippen LogP contribution in [0, 0.1) is 0 Å². The van der Waals surface area contributed by atoms with Crippen molar-refractivity contribution >= 4 is 16.8 Å². The highest BCUT2D eigenvalue weighted by Gasteiger charge is 2.27. The van der Waals surface area contributed by atoms with Gasteiger partial charge in [0.15, 0.2) is 6.10 Å². The summed E-state index contributed by atoms with van der Waals surface area (Å²) in [4.78, 5) is 18.2. The first-order valence-corrected chi connectivity index (χ1v) is 8.83. The Morgan fingerprint density at radius 3 is 2.62 bits per heavy atom. The molecule has 2 aromatic carbocycles. The van der Waals surface area contributed by atoms with Gasteiger partial charge in [-0.2, -0.15) is 0 Å². The van der Waals surface area contributed by atoms with Crippen molar-refractivity contribution in [3.05, 3.63) is 59.8 Å². The lowest BCUT2D eigenvalue weighted by molar-refractivity contribution is -0.138. The van der Waals surface area contributed by atoms with E-state index in [9.17, 15) is 4.79 Å². The zero-order valence-electron chi connectivity index (χ0n) is 15.0. The van der Waals surface area contributed by atoms with Crippen molar-refractivity contribution in [1.82, 2.24) is 9.88 Å². The number of H-pyrrole nitrogens is 1. The van der Waals surface area contributed by atoms with Crippen molar-refractivity contribution in [3.63, 3.8) is 0 Å². The summed E-state index contributed by atoms with van der Waals surface area (Å²) in [7, 11) is 1.62. The summed E-state index contributed by atoms with van der Waals surface area (Å²) in [6.07, 6.45) is 0.306. The standard InChI is InChI=1S/C21H22N2O3/c1-14(26-16-9-7-15(25-2)8-10-16)21(24)23-12-11-20-18(13-23)17-5-3-4-6-19(17)22-20/h3-10,14,22H,11-13H2,1-2H3. The molecule has 1 N–H and O–H groups in total. The van der Waals surface area contributed by atoms with Gasteiger partial charge in [-0.25, -0.2) is 0 Å². The fraction of sp³-hybridized carbons (Fsp3) is 0.286. The summed E-state index contributed by atoms with van der Waals surface area (Å²) in [5.41, 5.74) is 3.59. The van der Waals surface area contributed by atoms with Crippen LogP contribution >= 0.6 is 0 Å². The molecule has 1 amide bonds. The van der Waals surface area contributed by atoms with Crippen molar-refractivity contribution in [1.29, 1.82) is 0 Å². The maximum atomic E-state index is 12.9. The number of nitrogens with zero attached hydrogens (tertiary/aromatic N) is 1. The molecule has 1 aliphatic heterocycles. The summed E-state index contributed by atoms with van der Waals surface area (Å²) in [5, 5.41) is 1.20. The lowest BCUT2D eigenvalue weighted by Gasteiger charge is -2.29. The largest absolute Gasteiger partial charge is 0.497 e.